The van der Waals surface area contributed by atoms with Crippen LogP contribution in [-0.2, 0) is 22.3 Å². The van der Waals surface area contributed by atoms with E-state index in [0.717, 1.165) is 18.4 Å². The van der Waals surface area contributed by atoms with Crippen LogP contribution < -0.4 is 5.73 Å². The molecular formula is C15H18N2O3S. The Kier molecular flexibility index (Phi) is 3.73. The molecule has 0 bridgehead atoms. The Morgan fingerprint density at radius 1 is 1.19 bits per heavy atom. The maximum absolute atomic E-state index is 12.6. The normalized spacial score (nSPS) is 15.5. The zero-order valence-corrected chi connectivity index (χ0v) is 12.4. The van der Waals surface area contributed by atoms with E-state index >= 15 is 0 Å². The van der Waals surface area contributed by atoms with Crippen molar-refractivity contribution in [1.29, 1.82) is 0 Å². The predicted molar refractivity (Wildman–Crippen MR) is 80.8 cm³/mol. The lowest BCUT2D eigenvalue weighted by Gasteiger charge is -2.20. The first-order valence-corrected chi connectivity index (χ1v) is 8.52. The predicted octanol–water partition coefficient (Wildman–Crippen LogP) is 2.36. The van der Waals surface area contributed by atoms with Crippen molar-refractivity contribution in [2.24, 2.45) is 0 Å². The van der Waals surface area contributed by atoms with E-state index in [1.165, 1.54) is 0 Å². The van der Waals surface area contributed by atoms with Crippen LogP contribution in [0, 0.1) is 0 Å². The van der Waals surface area contributed by atoms with Crippen LogP contribution in [0.5, 0.6) is 0 Å². The Morgan fingerprint density at radius 2 is 1.90 bits per heavy atom. The summed E-state index contributed by atoms with van der Waals surface area (Å²) in [6, 6.07) is 10.6. The van der Waals surface area contributed by atoms with Gasteiger partial charge in [0.15, 0.2) is 0 Å². The number of anilines is 1. The number of benzene rings is 1. The molecule has 1 fully saturated rings. The third-order valence-electron chi connectivity index (χ3n) is 3.53. The van der Waals surface area contributed by atoms with Crippen molar-refractivity contribution in [2.75, 3.05) is 5.73 Å². The molecule has 1 aliphatic rings. The van der Waals surface area contributed by atoms with Gasteiger partial charge in [-0.1, -0.05) is 12.1 Å². The van der Waals surface area contributed by atoms with Crippen molar-refractivity contribution in [2.45, 2.75) is 31.2 Å². The van der Waals surface area contributed by atoms with E-state index in [1.54, 1.807) is 47.0 Å². The van der Waals surface area contributed by atoms with Gasteiger partial charge in [0.1, 0.15) is 5.76 Å². The highest BCUT2D eigenvalue weighted by atomic mass is 32.2. The summed E-state index contributed by atoms with van der Waals surface area (Å²) in [5.74, 6) is 0.660. The van der Waals surface area contributed by atoms with Crippen molar-refractivity contribution in [1.82, 2.24) is 4.31 Å². The summed E-state index contributed by atoms with van der Waals surface area (Å²) >= 11 is 0. The Balaban J connectivity index is 1.78. The summed E-state index contributed by atoms with van der Waals surface area (Å²) < 4.78 is 32.1. The molecule has 5 nitrogen and oxygen atoms in total. The molecule has 0 saturated heterocycles. The summed E-state index contributed by atoms with van der Waals surface area (Å²) in [6.07, 6.45) is 3.40. The lowest BCUT2D eigenvalue weighted by Crippen LogP contribution is -2.33. The van der Waals surface area contributed by atoms with E-state index in [0.29, 0.717) is 18.0 Å². The SMILES string of the molecule is Nc1ccc(CS(=O)(=O)N(Cc2ccco2)C2CC2)cc1. The molecule has 1 saturated carbocycles. The zero-order chi connectivity index (χ0) is 14.9. The first kappa shape index (κ1) is 14.2. The van der Waals surface area contributed by atoms with Gasteiger partial charge in [-0.15, -0.1) is 0 Å². The fraction of sp³-hybridized carbons (Fsp3) is 0.333. The second kappa shape index (κ2) is 5.54. The monoisotopic (exact) mass is 306 g/mol. The highest BCUT2D eigenvalue weighted by Gasteiger charge is 2.37. The topological polar surface area (TPSA) is 76.5 Å². The molecule has 1 aromatic carbocycles. The quantitative estimate of drug-likeness (QED) is 0.831. The van der Waals surface area contributed by atoms with Crippen molar-refractivity contribution < 1.29 is 12.8 Å². The molecule has 112 valence electrons. The number of furan rings is 1. The van der Waals surface area contributed by atoms with Gasteiger partial charge in [-0.3, -0.25) is 0 Å². The van der Waals surface area contributed by atoms with E-state index in [1.807, 2.05) is 0 Å². The van der Waals surface area contributed by atoms with Crippen LogP contribution in [0.4, 0.5) is 5.69 Å². The standard InChI is InChI=1S/C15H18N2O3S/c16-13-5-3-12(4-6-13)11-21(18,19)17(14-7-8-14)10-15-2-1-9-20-15/h1-6,9,14H,7-8,10-11,16H2. The number of sulfonamides is 1. The van der Waals surface area contributed by atoms with Crippen molar-refractivity contribution in [3.63, 3.8) is 0 Å². The van der Waals surface area contributed by atoms with E-state index in [4.69, 9.17) is 10.2 Å². The van der Waals surface area contributed by atoms with Gasteiger partial charge in [0, 0.05) is 11.7 Å². The van der Waals surface area contributed by atoms with Crippen LogP contribution in [0.1, 0.15) is 24.2 Å². The summed E-state index contributed by atoms with van der Waals surface area (Å²) in [4.78, 5) is 0. The molecule has 21 heavy (non-hydrogen) atoms. The first-order valence-electron chi connectivity index (χ1n) is 6.91. The summed E-state index contributed by atoms with van der Waals surface area (Å²) in [5, 5.41) is 0. The fourth-order valence-electron chi connectivity index (χ4n) is 2.28. The maximum Gasteiger partial charge on any atom is 0.218 e. The third kappa shape index (κ3) is 3.46. The van der Waals surface area contributed by atoms with Gasteiger partial charge in [0.2, 0.25) is 10.0 Å². The van der Waals surface area contributed by atoms with Crippen LogP contribution in [-0.4, -0.2) is 18.8 Å². The minimum Gasteiger partial charge on any atom is -0.468 e. The van der Waals surface area contributed by atoms with Crippen molar-refractivity contribution in [3.05, 3.63) is 54.0 Å². The first-order chi connectivity index (χ1) is 10.0. The Labute approximate surface area is 124 Å². The maximum atomic E-state index is 12.6. The van der Waals surface area contributed by atoms with Crippen LogP contribution in [0.3, 0.4) is 0 Å². The number of nitrogens with zero attached hydrogens (tertiary/aromatic N) is 1. The highest BCUT2D eigenvalue weighted by Crippen LogP contribution is 2.32. The lowest BCUT2D eigenvalue weighted by molar-refractivity contribution is 0.356. The number of hydrogen-bond acceptors (Lipinski definition) is 4. The molecule has 0 atom stereocenters. The van der Waals surface area contributed by atoms with Crippen LogP contribution >= 0.6 is 0 Å². The van der Waals surface area contributed by atoms with Gasteiger partial charge in [-0.25, -0.2) is 8.42 Å². The summed E-state index contributed by atoms with van der Waals surface area (Å²) in [5.41, 5.74) is 7.00. The Bertz CT molecular complexity index is 689. The largest absolute Gasteiger partial charge is 0.468 e. The van der Waals surface area contributed by atoms with Gasteiger partial charge in [-0.05, 0) is 42.7 Å². The second-order valence-electron chi connectivity index (χ2n) is 5.35. The van der Waals surface area contributed by atoms with Gasteiger partial charge in [0.05, 0.1) is 18.6 Å². The van der Waals surface area contributed by atoms with Gasteiger partial charge in [-0.2, -0.15) is 4.31 Å². The van der Waals surface area contributed by atoms with Gasteiger partial charge < -0.3 is 10.2 Å². The molecule has 0 spiro atoms. The third-order valence-corrected chi connectivity index (χ3v) is 5.37. The molecule has 1 aromatic heterocycles. The average Bonchev–Trinajstić information content (AvgIpc) is 3.14. The Morgan fingerprint density at radius 3 is 2.48 bits per heavy atom. The minimum absolute atomic E-state index is 0.00944. The van der Waals surface area contributed by atoms with Crippen molar-refractivity contribution in [3.8, 4) is 0 Å². The molecular weight excluding hydrogens is 288 g/mol. The Hall–Kier alpha value is -1.79. The summed E-state index contributed by atoms with van der Waals surface area (Å²) in [7, 11) is -3.37. The van der Waals surface area contributed by atoms with E-state index in [9.17, 15) is 8.42 Å². The van der Waals surface area contributed by atoms with E-state index < -0.39 is 10.0 Å². The zero-order valence-electron chi connectivity index (χ0n) is 11.6. The molecule has 0 unspecified atom stereocenters. The second-order valence-corrected chi connectivity index (χ2v) is 7.28. The molecule has 2 aromatic rings. The van der Waals surface area contributed by atoms with Crippen LogP contribution in [0.25, 0.3) is 0 Å². The number of nitrogen functional groups attached to an aromatic ring is 1. The van der Waals surface area contributed by atoms with Crippen LogP contribution in [0.2, 0.25) is 0 Å². The molecule has 0 aliphatic heterocycles. The summed E-state index contributed by atoms with van der Waals surface area (Å²) in [6.45, 7) is 0.301. The number of hydrogen-bond donors (Lipinski definition) is 1. The molecule has 0 radical (unpaired) electrons. The lowest BCUT2D eigenvalue weighted by atomic mass is 10.2. The molecule has 2 N–H and O–H groups in total. The molecule has 3 rings (SSSR count). The number of rotatable bonds is 6. The molecule has 0 amide bonds. The van der Waals surface area contributed by atoms with E-state index in [-0.39, 0.29) is 11.8 Å². The highest BCUT2D eigenvalue weighted by molar-refractivity contribution is 7.88. The molecule has 1 heterocycles. The molecule has 1 aliphatic carbocycles. The van der Waals surface area contributed by atoms with Gasteiger partial charge >= 0.3 is 0 Å². The minimum atomic E-state index is -3.37. The number of nitrogens with two attached hydrogens (primary N) is 1. The fourth-order valence-corrected chi connectivity index (χ4v) is 4.05. The van der Waals surface area contributed by atoms with Gasteiger partial charge in [0.25, 0.3) is 0 Å². The average molecular weight is 306 g/mol. The molecule has 6 heteroatoms. The van der Waals surface area contributed by atoms with Crippen molar-refractivity contribution >= 4 is 15.7 Å². The smallest absolute Gasteiger partial charge is 0.218 e. The van der Waals surface area contributed by atoms with E-state index in [2.05, 4.69) is 0 Å². The van der Waals surface area contributed by atoms with Crippen LogP contribution in [0.15, 0.2) is 47.1 Å².